The predicted molar refractivity (Wildman–Crippen MR) is 197 cm³/mol. The molecule has 2 N–H and O–H groups in total. The Kier molecular flexibility index (Phi) is 8.91. The first-order chi connectivity index (χ1) is 23.9. The number of pyridine rings is 1. The van der Waals surface area contributed by atoms with Gasteiger partial charge in [-0.25, -0.2) is 9.97 Å². The lowest BCUT2D eigenvalue weighted by molar-refractivity contribution is 0.101. The van der Waals surface area contributed by atoms with Crippen molar-refractivity contribution in [3.63, 3.8) is 0 Å². The van der Waals surface area contributed by atoms with E-state index in [0.29, 0.717) is 33.4 Å². The largest absolute Gasteiger partial charge is 0.493 e. The SMILES string of the molecule is COc1cccc(/C=C2\CC(C)Cc3c2nc2ccccc2c3C(=O)Nc2nc(-c3ccc(NC(=O)c4ccccc4)cc3)cs2)c1OC. The molecular weight excluding hydrogens is 633 g/mol. The Morgan fingerprint density at radius 2 is 1.59 bits per heavy atom. The Bertz CT molecular complexity index is 2210. The van der Waals surface area contributed by atoms with Gasteiger partial charge in [-0.1, -0.05) is 67.6 Å². The normalized spacial score (nSPS) is 14.7. The minimum Gasteiger partial charge on any atom is -0.493 e. The molecule has 244 valence electrons. The van der Waals surface area contributed by atoms with Crippen LogP contribution in [0.5, 0.6) is 11.5 Å². The standard InChI is InChI=1S/C40H34N4O4S/c1-24-20-28(22-27-12-9-15-34(47-2)37(27)48-3)36-31(21-24)35(30-13-7-8-14-32(30)42-36)39(46)44-40-43-33(23-49-40)25-16-18-29(19-17-25)41-38(45)26-10-5-4-6-11-26/h4-19,22-24H,20-21H2,1-3H3,(H,41,45)(H,43,44,46)/b28-22+. The highest BCUT2D eigenvalue weighted by Crippen LogP contribution is 2.41. The Morgan fingerprint density at radius 3 is 2.37 bits per heavy atom. The number of nitrogens with one attached hydrogen (secondary N) is 2. The topological polar surface area (TPSA) is 102 Å². The van der Waals surface area contributed by atoms with E-state index < -0.39 is 0 Å². The molecule has 1 aliphatic rings. The highest BCUT2D eigenvalue weighted by molar-refractivity contribution is 7.14. The Morgan fingerprint density at radius 1 is 0.816 bits per heavy atom. The molecule has 0 fully saturated rings. The smallest absolute Gasteiger partial charge is 0.258 e. The van der Waals surface area contributed by atoms with Gasteiger partial charge in [-0.15, -0.1) is 11.3 Å². The number of ether oxygens (including phenoxy) is 2. The second-order valence-electron chi connectivity index (χ2n) is 12.0. The van der Waals surface area contributed by atoms with Crippen LogP contribution in [-0.4, -0.2) is 36.0 Å². The Hall–Kier alpha value is -5.80. The lowest BCUT2D eigenvalue weighted by Crippen LogP contribution is -2.21. The summed E-state index contributed by atoms with van der Waals surface area (Å²) in [6.45, 7) is 2.20. The van der Waals surface area contributed by atoms with Gasteiger partial charge in [0.05, 0.1) is 36.7 Å². The summed E-state index contributed by atoms with van der Waals surface area (Å²) in [7, 11) is 3.26. The van der Waals surface area contributed by atoms with E-state index in [4.69, 9.17) is 19.4 Å². The summed E-state index contributed by atoms with van der Waals surface area (Å²) in [5.41, 5.74) is 7.93. The zero-order valence-corrected chi connectivity index (χ0v) is 28.1. The molecule has 0 aliphatic heterocycles. The van der Waals surface area contributed by atoms with Gasteiger partial charge in [0.25, 0.3) is 11.8 Å². The molecule has 1 unspecified atom stereocenters. The fourth-order valence-electron chi connectivity index (χ4n) is 6.35. The minimum absolute atomic E-state index is 0.171. The average molecular weight is 667 g/mol. The zero-order valence-electron chi connectivity index (χ0n) is 27.3. The van der Waals surface area contributed by atoms with Crippen LogP contribution in [0, 0.1) is 5.92 Å². The molecule has 0 saturated carbocycles. The van der Waals surface area contributed by atoms with Crippen LogP contribution in [0.3, 0.4) is 0 Å². The van der Waals surface area contributed by atoms with E-state index in [1.807, 2.05) is 90.3 Å². The van der Waals surface area contributed by atoms with Gasteiger partial charge in [-0.2, -0.15) is 0 Å². The number of carbonyl (C=O) groups excluding carboxylic acids is 2. The van der Waals surface area contributed by atoms with Crippen LogP contribution in [0.25, 0.3) is 33.8 Å². The highest BCUT2D eigenvalue weighted by atomic mass is 32.1. The van der Waals surface area contributed by atoms with E-state index in [1.165, 1.54) is 11.3 Å². The average Bonchev–Trinajstić information content (AvgIpc) is 3.59. The number of thiazole rings is 1. The number of hydrogen-bond acceptors (Lipinski definition) is 7. The monoisotopic (exact) mass is 666 g/mol. The molecule has 0 bridgehead atoms. The van der Waals surface area contributed by atoms with Crippen LogP contribution < -0.4 is 20.1 Å². The van der Waals surface area contributed by atoms with Crippen LogP contribution in [0.2, 0.25) is 0 Å². The van der Waals surface area contributed by atoms with Crippen LogP contribution in [-0.2, 0) is 6.42 Å². The van der Waals surface area contributed by atoms with E-state index in [9.17, 15) is 9.59 Å². The molecule has 1 atom stereocenters. The highest BCUT2D eigenvalue weighted by Gasteiger charge is 2.29. The maximum Gasteiger partial charge on any atom is 0.258 e. The Balaban J connectivity index is 1.18. The first-order valence-electron chi connectivity index (χ1n) is 16.0. The molecule has 0 spiro atoms. The van der Waals surface area contributed by atoms with Gasteiger partial charge in [-0.05, 0) is 72.4 Å². The number of fused-ring (bicyclic) bond motifs is 2. The van der Waals surface area contributed by atoms with E-state index >= 15 is 0 Å². The van der Waals surface area contributed by atoms with Crippen molar-refractivity contribution in [2.75, 3.05) is 24.9 Å². The number of aromatic nitrogens is 2. The van der Waals surface area contributed by atoms with Crippen molar-refractivity contribution in [1.29, 1.82) is 0 Å². The summed E-state index contributed by atoms with van der Waals surface area (Å²) in [6, 6.07) is 30.2. The summed E-state index contributed by atoms with van der Waals surface area (Å²) in [5.74, 6) is 1.21. The molecule has 2 heterocycles. The summed E-state index contributed by atoms with van der Waals surface area (Å²) in [6.07, 6.45) is 3.63. The van der Waals surface area contributed by atoms with Crippen LogP contribution in [0.4, 0.5) is 10.8 Å². The molecular formula is C40H34N4O4S. The number of benzene rings is 4. The second kappa shape index (κ2) is 13.7. The van der Waals surface area contributed by atoms with E-state index in [0.717, 1.165) is 57.4 Å². The fraction of sp³-hybridized carbons (Fsp3) is 0.150. The molecule has 2 amide bonds. The van der Waals surface area contributed by atoms with Gasteiger partial charge in [0.2, 0.25) is 0 Å². The number of allylic oxidation sites excluding steroid dienone is 1. The maximum atomic E-state index is 14.2. The number of hydrogen-bond donors (Lipinski definition) is 2. The maximum absolute atomic E-state index is 14.2. The number of anilines is 2. The third kappa shape index (κ3) is 6.53. The van der Waals surface area contributed by atoms with Crippen molar-refractivity contribution in [2.45, 2.75) is 19.8 Å². The molecule has 1 aliphatic carbocycles. The molecule has 49 heavy (non-hydrogen) atoms. The molecule has 4 aromatic carbocycles. The van der Waals surface area contributed by atoms with Crippen molar-refractivity contribution >= 4 is 56.5 Å². The van der Waals surface area contributed by atoms with Crippen molar-refractivity contribution in [2.24, 2.45) is 5.92 Å². The molecule has 7 rings (SSSR count). The van der Waals surface area contributed by atoms with E-state index in [1.54, 1.807) is 26.4 Å². The summed E-state index contributed by atoms with van der Waals surface area (Å²) in [4.78, 5) is 36.6. The fourth-order valence-corrected chi connectivity index (χ4v) is 7.06. The molecule has 9 heteroatoms. The Labute approximate surface area is 288 Å². The summed E-state index contributed by atoms with van der Waals surface area (Å²) in [5, 5.41) is 9.22. The third-order valence-electron chi connectivity index (χ3n) is 8.61. The van der Waals surface area contributed by atoms with Gasteiger partial charge >= 0.3 is 0 Å². The second-order valence-corrected chi connectivity index (χ2v) is 12.8. The van der Waals surface area contributed by atoms with E-state index in [2.05, 4.69) is 23.6 Å². The summed E-state index contributed by atoms with van der Waals surface area (Å²) >= 11 is 1.37. The van der Waals surface area contributed by atoms with Crippen molar-refractivity contribution in [1.82, 2.24) is 9.97 Å². The number of methoxy groups -OCH3 is 2. The first kappa shape index (κ1) is 31.8. The van der Waals surface area contributed by atoms with Crippen molar-refractivity contribution < 1.29 is 19.1 Å². The molecule has 2 aromatic heterocycles. The minimum atomic E-state index is -0.220. The predicted octanol–water partition coefficient (Wildman–Crippen LogP) is 9.00. The lowest BCUT2D eigenvalue weighted by Gasteiger charge is -2.27. The number of carbonyl (C=O) groups is 2. The lowest BCUT2D eigenvalue weighted by atomic mass is 9.80. The van der Waals surface area contributed by atoms with Crippen molar-refractivity contribution in [3.05, 3.63) is 130 Å². The first-order valence-corrected chi connectivity index (χ1v) is 16.9. The molecule has 6 aromatic rings. The summed E-state index contributed by atoms with van der Waals surface area (Å²) < 4.78 is 11.3. The van der Waals surface area contributed by atoms with E-state index in [-0.39, 0.29) is 17.7 Å². The third-order valence-corrected chi connectivity index (χ3v) is 9.37. The van der Waals surface area contributed by atoms with Crippen molar-refractivity contribution in [3.8, 4) is 22.8 Å². The number of para-hydroxylation sites is 2. The van der Waals surface area contributed by atoms with Gasteiger partial charge in [0, 0.05) is 33.1 Å². The quantitative estimate of drug-likeness (QED) is 0.168. The van der Waals surface area contributed by atoms with Gasteiger partial charge < -0.3 is 14.8 Å². The van der Waals surface area contributed by atoms with Gasteiger partial charge in [0.15, 0.2) is 16.6 Å². The van der Waals surface area contributed by atoms with Gasteiger partial charge in [-0.3, -0.25) is 14.9 Å². The molecule has 8 nitrogen and oxygen atoms in total. The molecule has 0 saturated heterocycles. The number of rotatable bonds is 8. The van der Waals surface area contributed by atoms with Crippen LogP contribution in [0.15, 0.2) is 102 Å². The molecule has 0 radical (unpaired) electrons. The number of amides is 2. The van der Waals surface area contributed by atoms with Crippen LogP contribution >= 0.6 is 11.3 Å². The number of nitrogens with zero attached hydrogens (tertiary/aromatic N) is 2. The van der Waals surface area contributed by atoms with Crippen LogP contribution in [0.1, 0.15) is 50.9 Å². The van der Waals surface area contributed by atoms with Gasteiger partial charge in [0.1, 0.15) is 0 Å². The zero-order chi connectivity index (χ0) is 33.9.